The Morgan fingerprint density at radius 2 is 1.62 bits per heavy atom. The first-order chi connectivity index (χ1) is 12.5. The van der Waals surface area contributed by atoms with E-state index in [-0.39, 0.29) is 17.6 Å². The fourth-order valence-electron chi connectivity index (χ4n) is 3.78. The Kier molecular flexibility index (Phi) is 5.84. The van der Waals surface area contributed by atoms with Gasteiger partial charge in [0.25, 0.3) is 5.91 Å². The molecule has 0 unspecified atom stereocenters. The summed E-state index contributed by atoms with van der Waals surface area (Å²) in [6.45, 7) is 6.25. The number of piperidine rings is 1. The van der Waals surface area contributed by atoms with Crippen LogP contribution in [0, 0.1) is 19.8 Å². The summed E-state index contributed by atoms with van der Waals surface area (Å²) < 4.78 is 0. The summed E-state index contributed by atoms with van der Waals surface area (Å²) in [5, 5.41) is 3.00. The number of hydrogen-bond donors (Lipinski definition) is 2. The lowest BCUT2D eigenvalue weighted by molar-refractivity contribution is -0.897. The Bertz CT molecular complexity index is 758. The molecule has 2 aromatic rings. The zero-order valence-electron chi connectivity index (χ0n) is 15.5. The SMILES string of the molecule is Cc1cc(C)cc(NC(=O)C[NH+]2CCC(C(=O)c3ccccc3)CC2)c1. The maximum absolute atomic E-state index is 12.5. The van der Waals surface area contributed by atoms with Gasteiger partial charge in [0.05, 0.1) is 13.1 Å². The second-order valence-corrected chi connectivity index (χ2v) is 7.36. The molecule has 1 heterocycles. The average molecular weight is 351 g/mol. The molecule has 2 aromatic carbocycles. The average Bonchev–Trinajstić information content (AvgIpc) is 2.61. The Labute approximate surface area is 155 Å². The van der Waals surface area contributed by atoms with Crippen molar-refractivity contribution in [2.75, 3.05) is 25.0 Å². The number of anilines is 1. The highest BCUT2D eigenvalue weighted by molar-refractivity contribution is 5.97. The molecule has 0 atom stereocenters. The number of hydrogen-bond acceptors (Lipinski definition) is 2. The van der Waals surface area contributed by atoms with Crippen molar-refractivity contribution in [2.24, 2.45) is 5.92 Å². The molecular weight excluding hydrogens is 324 g/mol. The van der Waals surface area contributed by atoms with Crippen molar-refractivity contribution in [1.82, 2.24) is 0 Å². The van der Waals surface area contributed by atoms with Crippen LogP contribution in [0.3, 0.4) is 0 Å². The van der Waals surface area contributed by atoms with Crippen LogP contribution in [0.4, 0.5) is 5.69 Å². The monoisotopic (exact) mass is 351 g/mol. The van der Waals surface area contributed by atoms with Gasteiger partial charge in [-0.1, -0.05) is 36.4 Å². The molecule has 0 aliphatic carbocycles. The number of aryl methyl sites for hydroxylation is 2. The van der Waals surface area contributed by atoms with Crippen LogP contribution in [-0.4, -0.2) is 31.3 Å². The summed E-state index contributed by atoms with van der Waals surface area (Å²) in [4.78, 5) is 26.1. The van der Waals surface area contributed by atoms with Crippen molar-refractivity contribution in [1.29, 1.82) is 0 Å². The molecule has 2 N–H and O–H groups in total. The highest BCUT2D eigenvalue weighted by Crippen LogP contribution is 2.17. The van der Waals surface area contributed by atoms with Gasteiger partial charge in [-0.15, -0.1) is 0 Å². The van der Waals surface area contributed by atoms with Gasteiger partial charge in [0, 0.05) is 30.0 Å². The van der Waals surface area contributed by atoms with Gasteiger partial charge in [0.2, 0.25) is 0 Å². The number of amides is 1. The molecule has 1 saturated heterocycles. The molecule has 1 amide bonds. The highest BCUT2D eigenvalue weighted by atomic mass is 16.2. The van der Waals surface area contributed by atoms with Crippen molar-refractivity contribution in [3.05, 3.63) is 65.2 Å². The summed E-state index contributed by atoms with van der Waals surface area (Å²) in [5.74, 6) is 0.366. The van der Waals surface area contributed by atoms with Crippen LogP contribution in [0.15, 0.2) is 48.5 Å². The minimum atomic E-state index is 0.0397. The third-order valence-corrected chi connectivity index (χ3v) is 5.04. The maximum atomic E-state index is 12.5. The van der Waals surface area contributed by atoms with E-state index in [1.807, 2.05) is 56.3 Å². The Morgan fingerprint density at radius 1 is 1.00 bits per heavy atom. The number of likely N-dealkylation sites (tertiary alicyclic amines) is 1. The number of nitrogens with one attached hydrogen (secondary N) is 2. The number of Topliss-reactive ketones (excluding diaryl/α,β-unsaturated/α-hetero) is 1. The van der Waals surface area contributed by atoms with Crippen LogP contribution in [0.2, 0.25) is 0 Å². The standard InChI is InChI=1S/C22H26N2O2/c1-16-12-17(2)14-20(13-16)23-21(25)15-24-10-8-19(9-11-24)22(26)18-6-4-3-5-7-18/h3-7,12-14,19H,8-11,15H2,1-2H3,(H,23,25)/p+1. The third-order valence-electron chi connectivity index (χ3n) is 5.04. The fraction of sp³-hybridized carbons (Fsp3) is 0.364. The Hall–Kier alpha value is -2.46. The summed E-state index contributed by atoms with van der Waals surface area (Å²) in [7, 11) is 0. The topological polar surface area (TPSA) is 50.6 Å². The summed E-state index contributed by atoms with van der Waals surface area (Å²) in [6, 6.07) is 15.6. The summed E-state index contributed by atoms with van der Waals surface area (Å²) in [5.41, 5.74) is 3.95. The van der Waals surface area contributed by atoms with Crippen molar-refractivity contribution >= 4 is 17.4 Å². The van der Waals surface area contributed by atoms with Crippen LogP contribution in [0.25, 0.3) is 0 Å². The van der Waals surface area contributed by atoms with Gasteiger partial charge in [-0.3, -0.25) is 9.59 Å². The van der Waals surface area contributed by atoms with Crippen LogP contribution < -0.4 is 10.2 Å². The molecular formula is C22H27N2O2+. The van der Waals surface area contributed by atoms with E-state index in [4.69, 9.17) is 0 Å². The number of carbonyl (C=O) groups excluding carboxylic acids is 2. The molecule has 1 aliphatic heterocycles. The van der Waals surface area contributed by atoms with Gasteiger partial charge in [-0.2, -0.15) is 0 Å². The van der Waals surface area contributed by atoms with E-state index in [2.05, 4.69) is 11.4 Å². The van der Waals surface area contributed by atoms with Crippen molar-refractivity contribution in [2.45, 2.75) is 26.7 Å². The molecule has 136 valence electrons. The highest BCUT2D eigenvalue weighted by Gasteiger charge is 2.29. The predicted molar refractivity (Wildman–Crippen MR) is 104 cm³/mol. The van der Waals surface area contributed by atoms with Crippen LogP contribution in [0.1, 0.15) is 34.3 Å². The lowest BCUT2D eigenvalue weighted by atomic mass is 9.89. The molecule has 1 fully saturated rings. The molecule has 3 rings (SSSR count). The first-order valence-corrected chi connectivity index (χ1v) is 9.32. The molecule has 0 aromatic heterocycles. The lowest BCUT2D eigenvalue weighted by Gasteiger charge is -2.28. The molecule has 4 heteroatoms. The van der Waals surface area contributed by atoms with Gasteiger partial charge in [0.1, 0.15) is 0 Å². The number of quaternary nitrogens is 1. The molecule has 0 bridgehead atoms. The second kappa shape index (κ2) is 8.28. The van der Waals surface area contributed by atoms with Crippen molar-refractivity contribution < 1.29 is 14.5 Å². The number of ketones is 1. The smallest absolute Gasteiger partial charge is 0.279 e. The predicted octanol–water partition coefficient (Wildman–Crippen LogP) is 2.42. The van der Waals surface area contributed by atoms with Gasteiger partial charge in [-0.05, 0) is 37.1 Å². The first kappa shape index (κ1) is 18.3. The van der Waals surface area contributed by atoms with Crippen molar-refractivity contribution in [3.8, 4) is 0 Å². The van der Waals surface area contributed by atoms with Gasteiger partial charge in [-0.25, -0.2) is 0 Å². The van der Waals surface area contributed by atoms with Gasteiger partial charge in [0.15, 0.2) is 12.3 Å². The number of benzene rings is 2. The molecule has 0 radical (unpaired) electrons. The van der Waals surface area contributed by atoms with Gasteiger partial charge >= 0.3 is 0 Å². The lowest BCUT2D eigenvalue weighted by Crippen LogP contribution is -3.14. The zero-order chi connectivity index (χ0) is 18.5. The normalized spacial score (nSPS) is 19.8. The number of rotatable bonds is 5. The van der Waals surface area contributed by atoms with E-state index < -0.39 is 0 Å². The van der Waals surface area contributed by atoms with Crippen LogP contribution in [-0.2, 0) is 4.79 Å². The minimum absolute atomic E-state index is 0.0397. The van der Waals surface area contributed by atoms with E-state index in [1.54, 1.807) is 0 Å². The maximum Gasteiger partial charge on any atom is 0.279 e. The third kappa shape index (κ3) is 4.79. The van der Waals surface area contributed by atoms with E-state index in [0.717, 1.165) is 48.3 Å². The largest absolute Gasteiger partial charge is 0.327 e. The van der Waals surface area contributed by atoms with Gasteiger partial charge < -0.3 is 10.2 Å². The summed E-state index contributed by atoms with van der Waals surface area (Å²) in [6.07, 6.45) is 1.69. The fourth-order valence-corrected chi connectivity index (χ4v) is 3.78. The van der Waals surface area contributed by atoms with E-state index in [9.17, 15) is 9.59 Å². The van der Waals surface area contributed by atoms with E-state index in [1.165, 1.54) is 4.90 Å². The van der Waals surface area contributed by atoms with Crippen LogP contribution >= 0.6 is 0 Å². The Morgan fingerprint density at radius 3 is 2.23 bits per heavy atom. The number of carbonyl (C=O) groups is 2. The Balaban J connectivity index is 1.49. The van der Waals surface area contributed by atoms with E-state index >= 15 is 0 Å². The summed E-state index contributed by atoms with van der Waals surface area (Å²) >= 11 is 0. The van der Waals surface area contributed by atoms with Crippen molar-refractivity contribution in [3.63, 3.8) is 0 Å². The van der Waals surface area contributed by atoms with Crippen LogP contribution in [0.5, 0.6) is 0 Å². The van der Waals surface area contributed by atoms with E-state index in [0.29, 0.717) is 6.54 Å². The molecule has 1 aliphatic rings. The zero-order valence-corrected chi connectivity index (χ0v) is 15.5. The molecule has 26 heavy (non-hydrogen) atoms. The quantitative estimate of drug-likeness (QED) is 0.813. The second-order valence-electron chi connectivity index (χ2n) is 7.36. The molecule has 0 saturated carbocycles. The molecule has 0 spiro atoms. The first-order valence-electron chi connectivity index (χ1n) is 9.32. The minimum Gasteiger partial charge on any atom is -0.327 e. The molecule has 4 nitrogen and oxygen atoms in total.